The molecule has 0 spiro atoms. The molecule has 1 aromatic rings. The summed E-state index contributed by atoms with van der Waals surface area (Å²) in [5.74, 6) is 0.0115. The first-order chi connectivity index (χ1) is 6.79. The van der Waals surface area contributed by atoms with Crippen LogP contribution >= 0.6 is 11.3 Å². The second-order valence-electron chi connectivity index (χ2n) is 3.21. The predicted molar refractivity (Wildman–Crippen MR) is 57.0 cm³/mol. The van der Waals surface area contributed by atoms with Crippen LogP contribution in [-0.2, 0) is 4.79 Å². The van der Waals surface area contributed by atoms with E-state index in [2.05, 4.69) is 0 Å². The van der Waals surface area contributed by atoms with Crippen LogP contribution in [0.4, 0.5) is 0 Å². The Bertz CT molecular complexity index is 337. The smallest absolute Gasteiger partial charge is 0.245 e. The van der Waals surface area contributed by atoms with Gasteiger partial charge in [0, 0.05) is 18.0 Å². The molecule has 2 rings (SSSR count). The Morgan fingerprint density at radius 3 is 2.79 bits per heavy atom. The Labute approximate surface area is 86.8 Å². The monoisotopic (exact) mass is 208 g/mol. The minimum atomic E-state index is -0.491. The van der Waals surface area contributed by atoms with Crippen molar-refractivity contribution < 1.29 is 4.79 Å². The van der Waals surface area contributed by atoms with Gasteiger partial charge in [-0.3, -0.25) is 4.79 Å². The summed E-state index contributed by atoms with van der Waals surface area (Å²) in [5, 5.41) is 1.94. The van der Waals surface area contributed by atoms with Crippen LogP contribution in [0.15, 0.2) is 29.7 Å². The molecule has 2 N–H and O–H groups in total. The molecule has 0 aromatic carbocycles. The van der Waals surface area contributed by atoms with Crippen LogP contribution in [0.5, 0.6) is 0 Å². The van der Waals surface area contributed by atoms with Crippen LogP contribution in [0.1, 0.15) is 10.9 Å². The molecule has 74 valence electrons. The molecule has 0 fully saturated rings. The van der Waals surface area contributed by atoms with Crippen molar-refractivity contribution in [2.45, 2.75) is 6.04 Å². The molecule has 4 heteroatoms. The van der Waals surface area contributed by atoms with Crippen molar-refractivity contribution in [1.29, 1.82) is 0 Å². The van der Waals surface area contributed by atoms with Gasteiger partial charge in [-0.25, -0.2) is 0 Å². The van der Waals surface area contributed by atoms with Crippen molar-refractivity contribution in [2.24, 2.45) is 5.73 Å². The lowest BCUT2D eigenvalue weighted by atomic mass is 10.2. The zero-order valence-electron chi connectivity index (χ0n) is 7.72. The predicted octanol–water partition coefficient (Wildman–Crippen LogP) is 1.15. The highest BCUT2D eigenvalue weighted by atomic mass is 32.1. The third-order valence-electron chi connectivity index (χ3n) is 2.25. The van der Waals surface area contributed by atoms with Gasteiger partial charge in [0.05, 0.1) is 0 Å². The standard InChI is InChI=1S/C10H12N2OS/c11-9(8-4-3-7-14-8)10(13)12-5-1-2-6-12/h1-4,7,9H,5-6,11H2. The minimum absolute atomic E-state index is 0.0115. The summed E-state index contributed by atoms with van der Waals surface area (Å²) in [7, 11) is 0. The molecule has 1 aliphatic rings. The Morgan fingerprint density at radius 2 is 2.21 bits per heavy atom. The molecule has 1 aliphatic heterocycles. The Balaban J connectivity index is 2.04. The topological polar surface area (TPSA) is 46.3 Å². The average molecular weight is 208 g/mol. The molecule has 0 aliphatic carbocycles. The maximum atomic E-state index is 11.8. The van der Waals surface area contributed by atoms with Gasteiger partial charge in [0.2, 0.25) is 5.91 Å². The van der Waals surface area contributed by atoms with E-state index in [0.717, 1.165) is 4.88 Å². The summed E-state index contributed by atoms with van der Waals surface area (Å²) in [6, 6.07) is 3.32. The zero-order chi connectivity index (χ0) is 9.97. The summed E-state index contributed by atoms with van der Waals surface area (Å²) in [5.41, 5.74) is 5.85. The van der Waals surface area contributed by atoms with Gasteiger partial charge in [-0.1, -0.05) is 18.2 Å². The molecule has 14 heavy (non-hydrogen) atoms. The van der Waals surface area contributed by atoms with Crippen molar-refractivity contribution in [3.63, 3.8) is 0 Å². The Hall–Kier alpha value is -1.13. The number of hydrogen-bond acceptors (Lipinski definition) is 3. The fraction of sp³-hybridized carbons (Fsp3) is 0.300. The molecule has 1 atom stereocenters. The summed E-state index contributed by atoms with van der Waals surface area (Å²) in [4.78, 5) is 14.5. The molecule has 0 saturated carbocycles. The molecule has 2 heterocycles. The quantitative estimate of drug-likeness (QED) is 0.741. The van der Waals surface area contributed by atoms with Crippen LogP contribution < -0.4 is 5.73 Å². The van der Waals surface area contributed by atoms with Gasteiger partial charge >= 0.3 is 0 Å². The summed E-state index contributed by atoms with van der Waals surface area (Å²) < 4.78 is 0. The van der Waals surface area contributed by atoms with Crippen molar-refractivity contribution in [3.05, 3.63) is 34.5 Å². The van der Waals surface area contributed by atoms with E-state index in [1.54, 1.807) is 4.90 Å². The normalized spacial score (nSPS) is 17.4. The van der Waals surface area contributed by atoms with Gasteiger partial charge in [0.1, 0.15) is 6.04 Å². The first-order valence-electron chi connectivity index (χ1n) is 4.52. The molecular formula is C10H12N2OS. The van der Waals surface area contributed by atoms with Gasteiger partial charge in [0.15, 0.2) is 0 Å². The SMILES string of the molecule is NC(C(=O)N1CC=CC1)c1cccs1. The fourth-order valence-electron chi connectivity index (χ4n) is 1.44. The van der Waals surface area contributed by atoms with Crippen molar-refractivity contribution in [1.82, 2.24) is 4.90 Å². The number of carbonyl (C=O) groups excluding carboxylic acids is 1. The van der Waals surface area contributed by atoms with E-state index >= 15 is 0 Å². The number of nitrogens with zero attached hydrogens (tertiary/aromatic N) is 1. The lowest BCUT2D eigenvalue weighted by molar-refractivity contribution is -0.131. The lowest BCUT2D eigenvalue weighted by Gasteiger charge is -2.19. The van der Waals surface area contributed by atoms with Gasteiger partial charge < -0.3 is 10.6 Å². The molecule has 0 radical (unpaired) electrons. The van der Waals surface area contributed by atoms with Crippen LogP contribution in [0.2, 0.25) is 0 Å². The molecule has 1 amide bonds. The van der Waals surface area contributed by atoms with Gasteiger partial charge in [0.25, 0.3) is 0 Å². The molecule has 1 aromatic heterocycles. The van der Waals surface area contributed by atoms with Crippen LogP contribution in [0.3, 0.4) is 0 Å². The van der Waals surface area contributed by atoms with E-state index < -0.39 is 6.04 Å². The van der Waals surface area contributed by atoms with E-state index in [0.29, 0.717) is 13.1 Å². The maximum Gasteiger partial charge on any atom is 0.245 e. The average Bonchev–Trinajstić information content (AvgIpc) is 2.87. The summed E-state index contributed by atoms with van der Waals surface area (Å²) in [6.07, 6.45) is 3.97. The van der Waals surface area contributed by atoms with E-state index in [1.807, 2.05) is 29.7 Å². The molecule has 0 saturated heterocycles. The fourth-order valence-corrected chi connectivity index (χ4v) is 2.16. The van der Waals surface area contributed by atoms with Crippen molar-refractivity contribution >= 4 is 17.2 Å². The van der Waals surface area contributed by atoms with Crippen LogP contribution in [0, 0.1) is 0 Å². The van der Waals surface area contributed by atoms with E-state index in [1.165, 1.54) is 11.3 Å². The second-order valence-corrected chi connectivity index (χ2v) is 4.19. The number of hydrogen-bond donors (Lipinski definition) is 1. The Kier molecular flexibility index (Phi) is 2.65. The van der Waals surface area contributed by atoms with Crippen molar-refractivity contribution in [3.8, 4) is 0 Å². The van der Waals surface area contributed by atoms with Crippen molar-refractivity contribution in [2.75, 3.05) is 13.1 Å². The van der Waals surface area contributed by atoms with Gasteiger partial charge in [-0.15, -0.1) is 11.3 Å². The maximum absolute atomic E-state index is 11.8. The number of nitrogens with two attached hydrogens (primary N) is 1. The molecule has 1 unspecified atom stereocenters. The van der Waals surface area contributed by atoms with E-state index in [4.69, 9.17) is 5.73 Å². The van der Waals surface area contributed by atoms with E-state index in [-0.39, 0.29) is 5.91 Å². The van der Waals surface area contributed by atoms with Crippen LogP contribution in [0.25, 0.3) is 0 Å². The van der Waals surface area contributed by atoms with Gasteiger partial charge in [-0.05, 0) is 11.4 Å². The van der Waals surface area contributed by atoms with Gasteiger partial charge in [-0.2, -0.15) is 0 Å². The van der Waals surface area contributed by atoms with Crippen LogP contribution in [-0.4, -0.2) is 23.9 Å². The minimum Gasteiger partial charge on any atom is -0.334 e. The Morgan fingerprint density at radius 1 is 1.50 bits per heavy atom. The lowest BCUT2D eigenvalue weighted by Crippen LogP contribution is -2.36. The number of thiophene rings is 1. The highest BCUT2D eigenvalue weighted by molar-refractivity contribution is 7.10. The second kappa shape index (κ2) is 3.94. The zero-order valence-corrected chi connectivity index (χ0v) is 8.54. The first kappa shape index (κ1) is 9.43. The highest BCUT2D eigenvalue weighted by Crippen LogP contribution is 2.19. The highest BCUT2D eigenvalue weighted by Gasteiger charge is 2.23. The number of rotatable bonds is 2. The summed E-state index contributed by atoms with van der Waals surface area (Å²) in [6.45, 7) is 1.38. The third kappa shape index (κ3) is 1.71. The molecule has 0 bridgehead atoms. The summed E-state index contributed by atoms with van der Waals surface area (Å²) >= 11 is 1.53. The molecule has 3 nitrogen and oxygen atoms in total. The van der Waals surface area contributed by atoms with E-state index in [9.17, 15) is 4.79 Å². The largest absolute Gasteiger partial charge is 0.334 e. The first-order valence-corrected chi connectivity index (χ1v) is 5.40. The third-order valence-corrected chi connectivity index (χ3v) is 3.20. The molecular weight excluding hydrogens is 196 g/mol. The number of amides is 1. The number of carbonyl (C=O) groups is 1.